The molecule has 15 heavy (non-hydrogen) atoms. The van der Waals surface area contributed by atoms with Crippen LogP contribution in [0, 0.1) is 5.82 Å². The van der Waals surface area contributed by atoms with Gasteiger partial charge in [-0.1, -0.05) is 12.1 Å². The van der Waals surface area contributed by atoms with Crippen LogP contribution in [-0.2, 0) is 4.74 Å². The van der Waals surface area contributed by atoms with Gasteiger partial charge < -0.3 is 10.1 Å². The van der Waals surface area contributed by atoms with Gasteiger partial charge in [-0.3, -0.25) is 0 Å². The van der Waals surface area contributed by atoms with Gasteiger partial charge in [0.25, 0.3) is 0 Å². The van der Waals surface area contributed by atoms with E-state index >= 15 is 0 Å². The van der Waals surface area contributed by atoms with Crippen molar-refractivity contribution in [1.29, 1.82) is 0 Å². The van der Waals surface area contributed by atoms with Crippen LogP contribution in [0.25, 0.3) is 0 Å². The summed E-state index contributed by atoms with van der Waals surface area (Å²) in [5.74, 6) is -0.208. The molecule has 1 aromatic carbocycles. The van der Waals surface area contributed by atoms with Crippen LogP contribution in [0.5, 0.6) is 0 Å². The molecule has 0 aromatic heterocycles. The first-order valence-electron chi connectivity index (χ1n) is 5.22. The summed E-state index contributed by atoms with van der Waals surface area (Å²) in [5, 5.41) is 3.40. The van der Waals surface area contributed by atoms with Gasteiger partial charge in [-0.2, -0.15) is 0 Å². The maximum Gasteiger partial charge on any atom is 0.123 e. The summed E-state index contributed by atoms with van der Waals surface area (Å²) in [6.45, 7) is 5.76. The second-order valence-electron chi connectivity index (χ2n) is 4.45. The van der Waals surface area contributed by atoms with Gasteiger partial charge in [0.1, 0.15) is 11.9 Å². The SMILES string of the molecule is CC1(C)NCCOC1c1ccc(F)cc1. The molecule has 0 aliphatic carbocycles. The molecule has 0 bridgehead atoms. The minimum Gasteiger partial charge on any atom is -0.370 e. The van der Waals surface area contributed by atoms with Crippen molar-refractivity contribution in [3.8, 4) is 0 Å². The van der Waals surface area contributed by atoms with Crippen molar-refractivity contribution >= 4 is 0 Å². The summed E-state index contributed by atoms with van der Waals surface area (Å²) in [7, 11) is 0. The number of ether oxygens (including phenoxy) is 1. The molecule has 1 heterocycles. The maximum absolute atomic E-state index is 12.8. The van der Waals surface area contributed by atoms with E-state index in [-0.39, 0.29) is 17.5 Å². The van der Waals surface area contributed by atoms with Gasteiger partial charge in [0.15, 0.2) is 0 Å². The first kappa shape index (κ1) is 10.6. The van der Waals surface area contributed by atoms with Gasteiger partial charge in [0, 0.05) is 12.1 Å². The molecule has 1 aliphatic heterocycles. The smallest absolute Gasteiger partial charge is 0.123 e. The maximum atomic E-state index is 12.8. The zero-order chi connectivity index (χ0) is 10.9. The highest BCUT2D eigenvalue weighted by atomic mass is 19.1. The van der Waals surface area contributed by atoms with Crippen molar-refractivity contribution in [2.75, 3.05) is 13.2 Å². The molecule has 3 heteroatoms. The van der Waals surface area contributed by atoms with Crippen molar-refractivity contribution < 1.29 is 9.13 Å². The Morgan fingerprint density at radius 2 is 2.00 bits per heavy atom. The Morgan fingerprint density at radius 1 is 1.33 bits per heavy atom. The molecule has 1 atom stereocenters. The quantitative estimate of drug-likeness (QED) is 0.766. The normalized spacial score (nSPS) is 25.1. The van der Waals surface area contributed by atoms with Gasteiger partial charge in [-0.25, -0.2) is 4.39 Å². The van der Waals surface area contributed by atoms with Crippen molar-refractivity contribution in [3.05, 3.63) is 35.6 Å². The van der Waals surface area contributed by atoms with E-state index in [1.165, 1.54) is 12.1 Å². The van der Waals surface area contributed by atoms with E-state index in [9.17, 15) is 4.39 Å². The molecule has 1 unspecified atom stereocenters. The number of hydrogen-bond acceptors (Lipinski definition) is 2. The molecular weight excluding hydrogens is 193 g/mol. The molecule has 82 valence electrons. The average molecular weight is 209 g/mol. The fourth-order valence-corrected chi connectivity index (χ4v) is 2.00. The first-order chi connectivity index (χ1) is 7.09. The van der Waals surface area contributed by atoms with E-state index in [1.807, 2.05) is 0 Å². The fraction of sp³-hybridized carbons (Fsp3) is 0.500. The predicted octanol–water partition coefficient (Wildman–Crippen LogP) is 2.27. The molecule has 0 saturated carbocycles. The highest BCUT2D eigenvalue weighted by molar-refractivity contribution is 5.22. The fourth-order valence-electron chi connectivity index (χ4n) is 2.00. The molecule has 1 aliphatic rings. The van der Waals surface area contributed by atoms with Crippen LogP contribution in [0.4, 0.5) is 4.39 Å². The van der Waals surface area contributed by atoms with E-state index in [1.54, 1.807) is 12.1 Å². The van der Waals surface area contributed by atoms with Crippen LogP contribution in [-0.4, -0.2) is 18.7 Å². The molecule has 1 aromatic rings. The van der Waals surface area contributed by atoms with Crippen LogP contribution in [0.15, 0.2) is 24.3 Å². The Balaban J connectivity index is 2.25. The molecule has 0 radical (unpaired) electrons. The van der Waals surface area contributed by atoms with E-state index in [0.717, 1.165) is 12.1 Å². The number of hydrogen-bond donors (Lipinski definition) is 1. The molecule has 0 spiro atoms. The van der Waals surface area contributed by atoms with E-state index in [0.29, 0.717) is 6.61 Å². The Bertz CT molecular complexity index is 334. The zero-order valence-electron chi connectivity index (χ0n) is 9.09. The molecule has 1 saturated heterocycles. The molecule has 1 fully saturated rings. The number of nitrogens with one attached hydrogen (secondary N) is 1. The zero-order valence-corrected chi connectivity index (χ0v) is 9.09. The summed E-state index contributed by atoms with van der Waals surface area (Å²) >= 11 is 0. The minimum atomic E-state index is -0.208. The number of halogens is 1. The Labute approximate surface area is 89.4 Å². The first-order valence-corrected chi connectivity index (χ1v) is 5.22. The lowest BCUT2D eigenvalue weighted by Gasteiger charge is -2.39. The monoisotopic (exact) mass is 209 g/mol. The van der Waals surface area contributed by atoms with Gasteiger partial charge in [-0.15, -0.1) is 0 Å². The lowest BCUT2D eigenvalue weighted by atomic mass is 9.90. The van der Waals surface area contributed by atoms with Gasteiger partial charge in [0.05, 0.1) is 6.61 Å². The molecule has 1 N–H and O–H groups in total. The lowest BCUT2D eigenvalue weighted by molar-refractivity contribution is -0.0388. The second kappa shape index (κ2) is 3.91. The van der Waals surface area contributed by atoms with Crippen LogP contribution in [0.1, 0.15) is 25.5 Å². The summed E-state index contributed by atoms with van der Waals surface area (Å²) in [6, 6.07) is 6.52. The summed E-state index contributed by atoms with van der Waals surface area (Å²) in [5.41, 5.74) is 0.921. The van der Waals surface area contributed by atoms with Gasteiger partial charge in [0.2, 0.25) is 0 Å². The molecule has 0 amide bonds. The number of rotatable bonds is 1. The third-order valence-corrected chi connectivity index (χ3v) is 2.80. The minimum absolute atomic E-state index is 0.00755. The number of morpholine rings is 1. The second-order valence-corrected chi connectivity index (χ2v) is 4.45. The van der Waals surface area contributed by atoms with Crippen molar-refractivity contribution in [1.82, 2.24) is 5.32 Å². The van der Waals surface area contributed by atoms with Crippen molar-refractivity contribution in [2.24, 2.45) is 0 Å². The topological polar surface area (TPSA) is 21.3 Å². The van der Waals surface area contributed by atoms with Crippen LogP contribution in [0.3, 0.4) is 0 Å². The largest absolute Gasteiger partial charge is 0.370 e. The molecular formula is C12H16FNO. The van der Waals surface area contributed by atoms with Crippen LogP contribution in [0.2, 0.25) is 0 Å². The molecule has 2 rings (SSSR count). The highest BCUT2D eigenvalue weighted by Gasteiger charge is 2.33. The summed E-state index contributed by atoms with van der Waals surface area (Å²) in [6.07, 6.45) is -0.00755. The Hall–Kier alpha value is -0.930. The van der Waals surface area contributed by atoms with Gasteiger partial charge >= 0.3 is 0 Å². The van der Waals surface area contributed by atoms with E-state index in [2.05, 4.69) is 19.2 Å². The summed E-state index contributed by atoms with van der Waals surface area (Å²) < 4.78 is 18.5. The lowest BCUT2D eigenvalue weighted by Crippen LogP contribution is -2.51. The van der Waals surface area contributed by atoms with E-state index in [4.69, 9.17) is 4.74 Å². The van der Waals surface area contributed by atoms with Gasteiger partial charge in [-0.05, 0) is 31.5 Å². The highest BCUT2D eigenvalue weighted by Crippen LogP contribution is 2.31. The number of benzene rings is 1. The third-order valence-electron chi connectivity index (χ3n) is 2.80. The third kappa shape index (κ3) is 2.19. The molecule has 2 nitrogen and oxygen atoms in total. The summed E-state index contributed by atoms with van der Waals surface area (Å²) in [4.78, 5) is 0. The van der Waals surface area contributed by atoms with E-state index < -0.39 is 0 Å². The Morgan fingerprint density at radius 3 is 2.60 bits per heavy atom. The van der Waals surface area contributed by atoms with Crippen LogP contribution < -0.4 is 5.32 Å². The Kier molecular flexibility index (Phi) is 2.76. The predicted molar refractivity (Wildman–Crippen MR) is 57.2 cm³/mol. The standard InChI is InChI=1S/C12H16FNO/c1-12(2)11(15-8-7-14-12)9-3-5-10(13)6-4-9/h3-6,11,14H,7-8H2,1-2H3. The van der Waals surface area contributed by atoms with Crippen LogP contribution >= 0.6 is 0 Å². The average Bonchev–Trinajstić information content (AvgIpc) is 2.19. The van der Waals surface area contributed by atoms with Crippen molar-refractivity contribution in [3.63, 3.8) is 0 Å². The van der Waals surface area contributed by atoms with Crippen molar-refractivity contribution in [2.45, 2.75) is 25.5 Å².